The third-order valence-electron chi connectivity index (χ3n) is 4.75. The molecule has 6 heteroatoms. The summed E-state index contributed by atoms with van der Waals surface area (Å²) in [6, 6.07) is 3.44. The number of tetrazole rings is 1. The van der Waals surface area contributed by atoms with E-state index in [-0.39, 0.29) is 11.9 Å². The van der Waals surface area contributed by atoms with Gasteiger partial charge in [0.2, 0.25) is 0 Å². The average Bonchev–Trinajstić information content (AvgIpc) is 3.02. The van der Waals surface area contributed by atoms with Crippen molar-refractivity contribution in [1.29, 1.82) is 0 Å². The second kappa shape index (κ2) is 5.09. The topological polar surface area (TPSA) is 69.6 Å². The number of nitrogens with zero attached hydrogens (tertiary/aromatic N) is 4. The molecule has 0 bridgehead atoms. The van der Waals surface area contributed by atoms with Crippen molar-refractivity contribution >= 4 is 5.69 Å². The minimum Gasteiger partial charge on any atom is -0.399 e. The average molecular weight is 289 g/mol. The smallest absolute Gasteiger partial charge is 0.185 e. The Morgan fingerprint density at radius 3 is 2.71 bits per heavy atom. The zero-order chi connectivity index (χ0) is 15.1. The molecule has 1 aliphatic rings. The van der Waals surface area contributed by atoms with Crippen molar-refractivity contribution in [2.45, 2.75) is 39.7 Å². The highest BCUT2D eigenvalue weighted by Crippen LogP contribution is 2.41. The molecule has 2 N–H and O–H groups in total. The lowest BCUT2D eigenvalue weighted by atomic mass is 9.97. The number of aromatic nitrogens is 4. The molecule has 3 unspecified atom stereocenters. The van der Waals surface area contributed by atoms with E-state index >= 15 is 0 Å². The van der Waals surface area contributed by atoms with E-state index in [9.17, 15) is 4.39 Å². The summed E-state index contributed by atoms with van der Waals surface area (Å²) in [5.74, 6) is 1.25. The summed E-state index contributed by atoms with van der Waals surface area (Å²) >= 11 is 0. The SMILES string of the molecule is Cc1cc(N)cc(-c2nnnn2C2CCC(C)C2C)c1F. The van der Waals surface area contributed by atoms with Gasteiger partial charge in [-0.25, -0.2) is 9.07 Å². The Morgan fingerprint density at radius 1 is 1.29 bits per heavy atom. The van der Waals surface area contributed by atoms with Crippen LogP contribution in [-0.2, 0) is 0 Å². The quantitative estimate of drug-likeness (QED) is 0.863. The van der Waals surface area contributed by atoms with E-state index in [1.807, 2.05) is 0 Å². The van der Waals surface area contributed by atoms with Gasteiger partial charge in [-0.05, 0) is 59.7 Å². The zero-order valence-electron chi connectivity index (χ0n) is 12.5. The fourth-order valence-corrected chi connectivity index (χ4v) is 3.24. The van der Waals surface area contributed by atoms with Crippen LogP contribution >= 0.6 is 0 Å². The van der Waals surface area contributed by atoms with Gasteiger partial charge in [-0.3, -0.25) is 0 Å². The Hall–Kier alpha value is -1.98. The van der Waals surface area contributed by atoms with E-state index < -0.39 is 0 Å². The number of nitrogen functional groups attached to an aromatic ring is 1. The van der Waals surface area contributed by atoms with Crippen molar-refractivity contribution in [3.8, 4) is 11.4 Å². The highest BCUT2D eigenvalue weighted by atomic mass is 19.1. The molecule has 1 aromatic heterocycles. The Morgan fingerprint density at radius 2 is 2.05 bits per heavy atom. The van der Waals surface area contributed by atoms with Crippen molar-refractivity contribution in [1.82, 2.24) is 20.2 Å². The van der Waals surface area contributed by atoms with Crippen molar-refractivity contribution in [2.24, 2.45) is 11.8 Å². The van der Waals surface area contributed by atoms with Crippen LogP contribution in [0.25, 0.3) is 11.4 Å². The summed E-state index contributed by atoms with van der Waals surface area (Å²) in [6.45, 7) is 6.14. The van der Waals surface area contributed by atoms with Gasteiger partial charge in [-0.1, -0.05) is 13.8 Å². The van der Waals surface area contributed by atoms with E-state index in [4.69, 9.17) is 5.73 Å². The van der Waals surface area contributed by atoms with Crippen LogP contribution in [0.2, 0.25) is 0 Å². The van der Waals surface area contributed by atoms with Crippen LogP contribution in [0, 0.1) is 24.6 Å². The fourth-order valence-electron chi connectivity index (χ4n) is 3.24. The van der Waals surface area contributed by atoms with Gasteiger partial charge < -0.3 is 5.73 Å². The minimum atomic E-state index is -0.307. The van der Waals surface area contributed by atoms with Crippen molar-refractivity contribution < 1.29 is 4.39 Å². The molecule has 0 aliphatic heterocycles. The van der Waals surface area contributed by atoms with Gasteiger partial charge in [0.05, 0.1) is 11.6 Å². The van der Waals surface area contributed by atoms with E-state index in [2.05, 4.69) is 29.4 Å². The fraction of sp³-hybridized carbons (Fsp3) is 0.533. The zero-order valence-corrected chi connectivity index (χ0v) is 12.5. The molecular formula is C15H20FN5. The lowest BCUT2D eigenvalue weighted by Gasteiger charge is -2.19. The number of nitrogens with two attached hydrogens (primary N) is 1. The number of hydrogen-bond donors (Lipinski definition) is 1. The van der Waals surface area contributed by atoms with Crippen LogP contribution in [0.3, 0.4) is 0 Å². The van der Waals surface area contributed by atoms with Crippen molar-refractivity contribution in [3.63, 3.8) is 0 Å². The molecule has 0 radical (unpaired) electrons. The lowest BCUT2D eigenvalue weighted by Crippen LogP contribution is -2.17. The molecule has 1 aromatic carbocycles. The van der Waals surface area contributed by atoms with Gasteiger partial charge in [0.15, 0.2) is 5.82 Å². The Balaban J connectivity index is 2.08. The molecule has 1 aliphatic carbocycles. The number of hydrogen-bond acceptors (Lipinski definition) is 4. The molecule has 3 rings (SSSR count). The summed E-state index contributed by atoms with van der Waals surface area (Å²) < 4.78 is 16.2. The first-order valence-electron chi connectivity index (χ1n) is 7.33. The van der Waals surface area contributed by atoms with Crippen LogP contribution in [0.4, 0.5) is 10.1 Å². The number of halogens is 1. The molecule has 112 valence electrons. The Bertz CT molecular complexity index is 666. The predicted molar refractivity (Wildman–Crippen MR) is 79.0 cm³/mol. The minimum absolute atomic E-state index is 0.214. The molecule has 0 amide bonds. The third-order valence-corrected chi connectivity index (χ3v) is 4.75. The van der Waals surface area contributed by atoms with Gasteiger partial charge in [0, 0.05) is 5.69 Å². The van der Waals surface area contributed by atoms with Gasteiger partial charge >= 0.3 is 0 Å². The number of rotatable bonds is 2. The predicted octanol–water partition coefficient (Wildman–Crippen LogP) is 2.98. The third kappa shape index (κ3) is 2.28. The molecular weight excluding hydrogens is 269 g/mol. The molecule has 2 aromatic rings. The van der Waals surface area contributed by atoms with Crippen LogP contribution < -0.4 is 5.73 Å². The first kappa shape index (κ1) is 14.0. The van der Waals surface area contributed by atoms with Crippen LogP contribution in [0.15, 0.2) is 12.1 Å². The molecule has 1 heterocycles. The maximum Gasteiger partial charge on any atom is 0.185 e. The van der Waals surface area contributed by atoms with E-state index in [1.165, 1.54) is 0 Å². The molecule has 0 spiro atoms. The number of aryl methyl sites for hydroxylation is 1. The van der Waals surface area contributed by atoms with Gasteiger partial charge in [-0.2, -0.15) is 0 Å². The first-order valence-corrected chi connectivity index (χ1v) is 7.33. The highest BCUT2D eigenvalue weighted by molar-refractivity contribution is 5.63. The Labute approximate surface area is 123 Å². The van der Waals surface area contributed by atoms with Gasteiger partial charge in [0.25, 0.3) is 0 Å². The lowest BCUT2D eigenvalue weighted by molar-refractivity contribution is 0.328. The monoisotopic (exact) mass is 289 g/mol. The molecule has 0 saturated heterocycles. The molecule has 5 nitrogen and oxygen atoms in total. The Kier molecular flexibility index (Phi) is 3.39. The maximum atomic E-state index is 14.4. The molecule has 1 saturated carbocycles. The van der Waals surface area contributed by atoms with Gasteiger partial charge in [0.1, 0.15) is 5.82 Å². The summed E-state index contributed by atoms with van der Waals surface area (Å²) in [7, 11) is 0. The summed E-state index contributed by atoms with van der Waals surface area (Å²) in [6.07, 6.45) is 2.16. The largest absolute Gasteiger partial charge is 0.399 e. The first-order chi connectivity index (χ1) is 9.99. The maximum absolute atomic E-state index is 14.4. The van der Waals surface area contributed by atoms with Gasteiger partial charge in [-0.15, -0.1) is 5.10 Å². The highest BCUT2D eigenvalue weighted by Gasteiger charge is 2.34. The summed E-state index contributed by atoms with van der Waals surface area (Å²) in [4.78, 5) is 0. The van der Waals surface area contributed by atoms with Crippen LogP contribution in [0.1, 0.15) is 38.3 Å². The van der Waals surface area contributed by atoms with Crippen LogP contribution in [-0.4, -0.2) is 20.2 Å². The second-order valence-corrected chi connectivity index (χ2v) is 6.13. The van der Waals surface area contributed by atoms with Crippen molar-refractivity contribution in [2.75, 3.05) is 5.73 Å². The number of benzene rings is 1. The summed E-state index contributed by atoms with van der Waals surface area (Å²) in [5, 5.41) is 11.9. The standard InChI is InChI=1S/C15H20FN5/c1-8-4-5-13(10(8)3)21-15(18-19-20-21)12-7-11(17)6-9(2)14(12)16/h6-8,10,13H,4-5,17H2,1-3H3. The van der Waals surface area contributed by atoms with Crippen LogP contribution in [0.5, 0.6) is 0 Å². The van der Waals surface area contributed by atoms with Crippen molar-refractivity contribution in [3.05, 3.63) is 23.5 Å². The number of anilines is 1. The normalized spacial score (nSPS) is 25.4. The summed E-state index contributed by atoms with van der Waals surface area (Å²) in [5.41, 5.74) is 7.25. The molecule has 21 heavy (non-hydrogen) atoms. The molecule has 1 fully saturated rings. The van der Waals surface area contributed by atoms with E-state index in [0.717, 1.165) is 12.8 Å². The molecule has 3 atom stereocenters. The second-order valence-electron chi connectivity index (χ2n) is 6.13. The van der Waals surface area contributed by atoms with E-state index in [0.29, 0.717) is 34.5 Å². The van der Waals surface area contributed by atoms with E-state index in [1.54, 1.807) is 23.7 Å².